The van der Waals surface area contributed by atoms with E-state index in [2.05, 4.69) is 22.4 Å². The van der Waals surface area contributed by atoms with E-state index in [-0.39, 0.29) is 11.4 Å². The summed E-state index contributed by atoms with van der Waals surface area (Å²) in [6.07, 6.45) is 0.918. The van der Waals surface area contributed by atoms with Gasteiger partial charge in [-0.25, -0.2) is 0 Å². The lowest BCUT2D eigenvalue weighted by Gasteiger charge is -2.24. The van der Waals surface area contributed by atoms with E-state index in [9.17, 15) is 4.79 Å². The largest absolute Gasteiger partial charge is 0.351 e. The third-order valence-electron chi connectivity index (χ3n) is 2.20. The van der Waals surface area contributed by atoms with Crippen molar-refractivity contribution in [3.8, 4) is 0 Å². The van der Waals surface area contributed by atoms with Crippen molar-refractivity contribution in [1.82, 2.24) is 15.5 Å². The Bertz CT molecular complexity index is 363. The van der Waals surface area contributed by atoms with Crippen LogP contribution in [0.15, 0.2) is 4.34 Å². The number of rotatable bonds is 5. The number of nitrogens with one attached hydrogen (secondary N) is 1. The fourth-order valence-electron chi connectivity index (χ4n) is 0.966. The number of aryl methyl sites for hydroxylation is 1. The second kappa shape index (κ2) is 5.63. The lowest BCUT2D eigenvalue weighted by atomic mass is 10.0. The van der Waals surface area contributed by atoms with E-state index in [1.807, 2.05) is 20.8 Å². The number of hydrogen-bond acceptors (Lipinski definition) is 5. The first-order valence-corrected chi connectivity index (χ1v) is 6.97. The molecule has 0 radical (unpaired) electrons. The van der Waals surface area contributed by atoms with Crippen molar-refractivity contribution in [3.05, 3.63) is 5.01 Å². The minimum Gasteiger partial charge on any atom is -0.351 e. The zero-order chi connectivity index (χ0) is 12.2. The Labute approximate surface area is 104 Å². The van der Waals surface area contributed by atoms with E-state index in [0.29, 0.717) is 5.75 Å². The highest BCUT2D eigenvalue weighted by Crippen LogP contribution is 2.21. The summed E-state index contributed by atoms with van der Waals surface area (Å²) < 4.78 is 0.849. The number of carbonyl (C=O) groups is 1. The fourth-order valence-corrected chi connectivity index (χ4v) is 2.58. The maximum atomic E-state index is 11.6. The lowest BCUT2D eigenvalue weighted by molar-refractivity contribution is -0.120. The number of hydrogen-bond donors (Lipinski definition) is 1. The molecule has 0 aromatic carbocycles. The third-order valence-corrected chi connectivity index (χ3v) is 4.17. The Morgan fingerprint density at radius 2 is 2.19 bits per heavy atom. The van der Waals surface area contributed by atoms with Gasteiger partial charge in [0.2, 0.25) is 5.91 Å². The summed E-state index contributed by atoms with van der Waals surface area (Å²) in [7, 11) is 0. The highest BCUT2D eigenvalue weighted by atomic mass is 32.2. The summed E-state index contributed by atoms with van der Waals surface area (Å²) in [4.78, 5) is 11.6. The molecule has 0 aliphatic heterocycles. The molecule has 0 fully saturated rings. The Morgan fingerprint density at radius 3 is 2.69 bits per heavy atom. The van der Waals surface area contributed by atoms with Crippen LogP contribution in [0.4, 0.5) is 0 Å². The predicted molar refractivity (Wildman–Crippen MR) is 67.9 cm³/mol. The molecule has 1 aromatic heterocycles. The average molecular weight is 259 g/mol. The molecule has 6 heteroatoms. The molecular formula is C10H17N3OS2. The number of aromatic nitrogens is 2. The van der Waals surface area contributed by atoms with Crippen molar-refractivity contribution >= 4 is 29.0 Å². The van der Waals surface area contributed by atoms with Crippen LogP contribution < -0.4 is 5.32 Å². The van der Waals surface area contributed by atoms with Gasteiger partial charge in [0.1, 0.15) is 5.01 Å². The zero-order valence-corrected chi connectivity index (χ0v) is 11.7. The van der Waals surface area contributed by atoms with E-state index in [4.69, 9.17) is 0 Å². The van der Waals surface area contributed by atoms with Crippen LogP contribution in [0.5, 0.6) is 0 Å². The molecule has 1 heterocycles. The van der Waals surface area contributed by atoms with Crippen LogP contribution >= 0.6 is 23.1 Å². The third kappa shape index (κ3) is 4.49. The van der Waals surface area contributed by atoms with Gasteiger partial charge in [0.15, 0.2) is 4.34 Å². The molecule has 0 aliphatic carbocycles. The molecule has 4 nitrogen and oxygen atoms in total. The van der Waals surface area contributed by atoms with Gasteiger partial charge in [0.05, 0.1) is 5.75 Å². The molecule has 0 aliphatic rings. The Morgan fingerprint density at radius 1 is 1.50 bits per heavy atom. The van der Waals surface area contributed by atoms with E-state index in [1.165, 1.54) is 23.1 Å². The van der Waals surface area contributed by atoms with Gasteiger partial charge in [-0.15, -0.1) is 10.2 Å². The molecule has 1 rings (SSSR count). The van der Waals surface area contributed by atoms with Crippen LogP contribution in [0.25, 0.3) is 0 Å². The van der Waals surface area contributed by atoms with Gasteiger partial charge < -0.3 is 5.32 Å². The zero-order valence-electron chi connectivity index (χ0n) is 10.0. The molecule has 0 saturated carbocycles. The van der Waals surface area contributed by atoms with Crippen molar-refractivity contribution in [2.24, 2.45) is 0 Å². The maximum absolute atomic E-state index is 11.6. The molecule has 0 saturated heterocycles. The van der Waals surface area contributed by atoms with Crippen molar-refractivity contribution in [2.75, 3.05) is 5.75 Å². The predicted octanol–water partition coefficient (Wildman–Crippen LogP) is 2.24. The minimum atomic E-state index is -0.130. The molecular weight excluding hydrogens is 242 g/mol. The lowest BCUT2D eigenvalue weighted by Crippen LogP contribution is -2.43. The summed E-state index contributed by atoms with van der Waals surface area (Å²) in [5.74, 6) is 0.447. The van der Waals surface area contributed by atoms with Gasteiger partial charge in [-0.05, 0) is 27.2 Å². The minimum absolute atomic E-state index is 0.0460. The molecule has 0 atom stereocenters. The highest BCUT2D eigenvalue weighted by Gasteiger charge is 2.17. The van der Waals surface area contributed by atoms with Gasteiger partial charge in [-0.2, -0.15) is 0 Å². The SMILES string of the molecule is CCC(C)(C)NC(=O)CSc1nnc(C)s1. The van der Waals surface area contributed by atoms with Gasteiger partial charge in [-0.3, -0.25) is 4.79 Å². The van der Waals surface area contributed by atoms with E-state index in [1.54, 1.807) is 0 Å². The van der Waals surface area contributed by atoms with Gasteiger partial charge in [0.25, 0.3) is 0 Å². The van der Waals surface area contributed by atoms with Gasteiger partial charge in [0, 0.05) is 5.54 Å². The van der Waals surface area contributed by atoms with E-state index in [0.717, 1.165) is 15.8 Å². The first-order valence-electron chi connectivity index (χ1n) is 5.17. The summed E-state index contributed by atoms with van der Waals surface area (Å²) in [5, 5.41) is 11.8. The Balaban J connectivity index is 2.36. The molecule has 0 bridgehead atoms. The Hall–Kier alpha value is -0.620. The first-order chi connectivity index (χ1) is 7.43. The molecule has 1 aromatic rings. The highest BCUT2D eigenvalue weighted by molar-refractivity contribution is 8.01. The molecule has 0 spiro atoms. The first kappa shape index (κ1) is 13.4. The van der Waals surface area contributed by atoms with Crippen molar-refractivity contribution < 1.29 is 4.79 Å². The quantitative estimate of drug-likeness (QED) is 0.824. The summed E-state index contributed by atoms with van der Waals surface area (Å²) in [5.41, 5.74) is -0.130. The van der Waals surface area contributed by atoms with Crippen LogP contribution in [0, 0.1) is 6.92 Å². The number of nitrogens with zero attached hydrogens (tertiary/aromatic N) is 2. The van der Waals surface area contributed by atoms with Crippen molar-refractivity contribution in [1.29, 1.82) is 0 Å². The second-order valence-electron chi connectivity index (χ2n) is 4.16. The fraction of sp³-hybridized carbons (Fsp3) is 0.700. The van der Waals surface area contributed by atoms with Crippen molar-refractivity contribution in [3.63, 3.8) is 0 Å². The van der Waals surface area contributed by atoms with Gasteiger partial charge >= 0.3 is 0 Å². The second-order valence-corrected chi connectivity index (χ2v) is 6.57. The molecule has 1 amide bonds. The molecule has 1 N–H and O–H groups in total. The molecule has 0 unspecified atom stereocenters. The Kier molecular flexibility index (Phi) is 4.73. The standard InChI is InChI=1S/C10H17N3OS2/c1-5-10(3,4)11-8(14)6-15-9-13-12-7(2)16-9/h5-6H2,1-4H3,(H,11,14). The number of amides is 1. The average Bonchev–Trinajstić information content (AvgIpc) is 2.61. The van der Waals surface area contributed by atoms with Crippen molar-refractivity contribution in [2.45, 2.75) is 44.0 Å². The van der Waals surface area contributed by atoms with Crippen LogP contribution in [0.3, 0.4) is 0 Å². The van der Waals surface area contributed by atoms with Crippen LogP contribution in [0.1, 0.15) is 32.2 Å². The van der Waals surface area contributed by atoms with Crippen LogP contribution in [0.2, 0.25) is 0 Å². The summed E-state index contributed by atoms with van der Waals surface area (Å²) >= 11 is 2.95. The van der Waals surface area contributed by atoms with Crippen LogP contribution in [-0.4, -0.2) is 27.4 Å². The maximum Gasteiger partial charge on any atom is 0.230 e. The van der Waals surface area contributed by atoms with Crippen LogP contribution in [-0.2, 0) is 4.79 Å². The number of carbonyl (C=O) groups excluding carboxylic acids is 1. The summed E-state index contributed by atoms with van der Waals surface area (Å²) in [6, 6.07) is 0. The summed E-state index contributed by atoms with van der Waals surface area (Å²) in [6.45, 7) is 8.00. The monoisotopic (exact) mass is 259 g/mol. The number of thioether (sulfide) groups is 1. The molecule has 16 heavy (non-hydrogen) atoms. The van der Waals surface area contributed by atoms with Gasteiger partial charge in [-0.1, -0.05) is 30.0 Å². The molecule has 90 valence electrons. The smallest absolute Gasteiger partial charge is 0.230 e. The topological polar surface area (TPSA) is 54.9 Å². The normalized spacial score (nSPS) is 11.5. The van der Waals surface area contributed by atoms with E-state index >= 15 is 0 Å². The van der Waals surface area contributed by atoms with E-state index < -0.39 is 0 Å².